The van der Waals surface area contributed by atoms with Gasteiger partial charge >= 0.3 is 5.97 Å². The molecule has 0 spiro atoms. The highest BCUT2D eigenvalue weighted by molar-refractivity contribution is 5.70. The lowest BCUT2D eigenvalue weighted by Crippen LogP contribution is -2.07. The van der Waals surface area contributed by atoms with Crippen molar-refractivity contribution in [3.8, 4) is 5.69 Å². The highest BCUT2D eigenvalue weighted by Crippen LogP contribution is 2.18. The fraction of sp³-hybridized carbons (Fsp3) is 0.111. The molecule has 1 heterocycles. The fourth-order valence-electron chi connectivity index (χ4n) is 1.32. The number of halogens is 2. The van der Waals surface area contributed by atoms with Gasteiger partial charge in [0.15, 0.2) is 0 Å². The standard InChI is InChI=1S/C9H6F2N4O2/c10-7-1-5(15-4-12-13-14-15)2-8(11)6(7)3-9(16)17/h1-2,4H,3H2,(H,16,17). The predicted molar refractivity (Wildman–Crippen MR) is 50.4 cm³/mol. The maximum atomic E-state index is 13.5. The molecule has 0 saturated carbocycles. The molecule has 0 unspecified atom stereocenters. The van der Waals surface area contributed by atoms with Gasteiger partial charge in [-0.15, -0.1) is 5.10 Å². The SMILES string of the molecule is O=C(O)Cc1c(F)cc(-n2cnnn2)cc1F. The van der Waals surface area contributed by atoms with Gasteiger partial charge in [0.05, 0.1) is 12.1 Å². The number of aliphatic carboxylic acids is 1. The number of hydrogen-bond donors (Lipinski definition) is 1. The van der Waals surface area contributed by atoms with Crippen molar-refractivity contribution in [1.82, 2.24) is 20.2 Å². The summed E-state index contributed by atoms with van der Waals surface area (Å²) < 4.78 is 28.0. The Morgan fingerprint density at radius 3 is 2.47 bits per heavy atom. The van der Waals surface area contributed by atoms with Crippen LogP contribution in [-0.4, -0.2) is 31.3 Å². The first-order valence-electron chi connectivity index (χ1n) is 4.51. The van der Waals surface area contributed by atoms with Gasteiger partial charge in [0.25, 0.3) is 0 Å². The lowest BCUT2D eigenvalue weighted by atomic mass is 10.1. The maximum absolute atomic E-state index is 13.5. The average Bonchev–Trinajstić information content (AvgIpc) is 2.76. The second-order valence-electron chi connectivity index (χ2n) is 3.21. The summed E-state index contributed by atoms with van der Waals surface area (Å²) in [7, 11) is 0. The predicted octanol–water partition coefficient (Wildman–Crippen LogP) is 0.568. The number of rotatable bonds is 3. The van der Waals surface area contributed by atoms with Gasteiger partial charge in [-0.25, -0.2) is 13.5 Å². The number of carboxylic acid groups (broad SMARTS) is 1. The van der Waals surface area contributed by atoms with Gasteiger partial charge in [0.2, 0.25) is 0 Å². The van der Waals surface area contributed by atoms with Crippen LogP contribution in [0.2, 0.25) is 0 Å². The Hall–Kier alpha value is -2.38. The van der Waals surface area contributed by atoms with Gasteiger partial charge in [0.1, 0.15) is 18.0 Å². The molecule has 6 nitrogen and oxygen atoms in total. The van der Waals surface area contributed by atoms with Crippen LogP contribution < -0.4 is 0 Å². The van der Waals surface area contributed by atoms with Crippen LogP contribution in [0.15, 0.2) is 18.5 Å². The molecule has 0 fully saturated rings. The van der Waals surface area contributed by atoms with Crippen LogP contribution in [0, 0.1) is 11.6 Å². The molecule has 0 radical (unpaired) electrons. The molecule has 0 aliphatic rings. The van der Waals surface area contributed by atoms with Gasteiger partial charge < -0.3 is 5.11 Å². The summed E-state index contributed by atoms with van der Waals surface area (Å²) in [4.78, 5) is 10.4. The third-order valence-corrected chi connectivity index (χ3v) is 2.07. The Balaban J connectivity index is 2.45. The Morgan fingerprint density at radius 1 is 1.35 bits per heavy atom. The second-order valence-corrected chi connectivity index (χ2v) is 3.21. The minimum absolute atomic E-state index is 0.0825. The third-order valence-electron chi connectivity index (χ3n) is 2.07. The number of hydrogen-bond acceptors (Lipinski definition) is 4. The van der Waals surface area contributed by atoms with Crippen molar-refractivity contribution in [3.05, 3.63) is 35.7 Å². The normalized spacial score (nSPS) is 10.5. The molecule has 0 bridgehead atoms. The summed E-state index contributed by atoms with van der Waals surface area (Å²) in [5.74, 6) is -3.20. The average molecular weight is 240 g/mol. The highest BCUT2D eigenvalue weighted by Gasteiger charge is 2.15. The van der Waals surface area contributed by atoms with Gasteiger partial charge in [-0.05, 0) is 10.4 Å². The van der Waals surface area contributed by atoms with Gasteiger partial charge in [-0.1, -0.05) is 0 Å². The van der Waals surface area contributed by atoms with Crippen molar-refractivity contribution in [2.45, 2.75) is 6.42 Å². The van der Waals surface area contributed by atoms with Gasteiger partial charge in [-0.2, -0.15) is 0 Å². The number of aromatic nitrogens is 4. The summed E-state index contributed by atoms with van der Waals surface area (Å²) in [5.41, 5.74) is -0.409. The fourth-order valence-corrected chi connectivity index (χ4v) is 1.32. The molecular formula is C9H6F2N4O2. The van der Waals surface area contributed by atoms with E-state index in [2.05, 4.69) is 15.5 Å². The molecule has 2 aromatic rings. The number of carboxylic acids is 1. The maximum Gasteiger partial charge on any atom is 0.308 e. The molecule has 0 aliphatic carbocycles. The van der Waals surface area contributed by atoms with E-state index in [1.165, 1.54) is 6.33 Å². The van der Waals surface area contributed by atoms with E-state index in [4.69, 9.17) is 5.11 Å². The zero-order valence-electron chi connectivity index (χ0n) is 8.34. The quantitative estimate of drug-likeness (QED) is 0.848. The highest BCUT2D eigenvalue weighted by atomic mass is 19.1. The number of benzene rings is 1. The molecule has 17 heavy (non-hydrogen) atoms. The molecule has 0 aliphatic heterocycles. The van der Waals surface area contributed by atoms with Crippen molar-refractivity contribution >= 4 is 5.97 Å². The van der Waals surface area contributed by atoms with Crippen molar-refractivity contribution in [3.63, 3.8) is 0 Å². The molecule has 1 aromatic heterocycles. The molecule has 0 amide bonds. The van der Waals surface area contributed by atoms with E-state index >= 15 is 0 Å². The summed E-state index contributed by atoms with van der Waals surface area (Å²) in [6.45, 7) is 0. The monoisotopic (exact) mass is 240 g/mol. The van der Waals surface area contributed by atoms with Crippen LogP contribution >= 0.6 is 0 Å². The van der Waals surface area contributed by atoms with Crippen LogP contribution in [-0.2, 0) is 11.2 Å². The first-order chi connectivity index (χ1) is 8.08. The molecule has 0 atom stereocenters. The Kier molecular flexibility index (Phi) is 2.77. The topological polar surface area (TPSA) is 80.9 Å². The zero-order chi connectivity index (χ0) is 12.4. The van der Waals surface area contributed by atoms with Crippen molar-refractivity contribution in [2.24, 2.45) is 0 Å². The van der Waals surface area contributed by atoms with E-state index in [0.29, 0.717) is 0 Å². The zero-order valence-corrected chi connectivity index (χ0v) is 8.34. The van der Waals surface area contributed by atoms with Crippen LogP contribution in [0.1, 0.15) is 5.56 Å². The molecule has 1 aromatic carbocycles. The molecule has 0 saturated heterocycles. The summed E-state index contributed by atoms with van der Waals surface area (Å²) >= 11 is 0. The lowest BCUT2D eigenvalue weighted by molar-refractivity contribution is -0.136. The summed E-state index contributed by atoms with van der Waals surface area (Å²) in [6.07, 6.45) is 0.457. The first kappa shape index (κ1) is 11.1. The van der Waals surface area contributed by atoms with Crippen molar-refractivity contribution < 1.29 is 18.7 Å². The minimum Gasteiger partial charge on any atom is -0.481 e. The van der Waals surface area contributed by atoms with E-state index in [-0.39, 0.29) is 5.69 Å². The summed E-state index contributed by atoms with van der Waals surface area (Å²) in [5, 5.41) is 18.6. The second kappa shape index (κ2) is 4.24. The largest absolute Gasteiger partial charge is 0.481 e. The Labute approximate surface area is 93.5 Å². The number of tetrazole rings is 1. The smallest absolute Gasteiger partial charge is 0.308 e. The molecule has 2 rings (SSSR count). The molecule has 88 valence electrons. The van der Waals surface area contributed by atoms with Crippen LogP contribution in [0.4, 0.5) is 8.78 Å². The van der Waals surface area contributed by atoms with Gasteiger partial charge in [0, 0.05) is 17.7 Å². The lowest BCUT2D eigenvalue weighted by Gasteiger charge is -2.05. The first-order valence-corrected chi connectivity index (χ1v) is 4.51. The minimum atomic E-state index is -1.31. The van der Waals surface area contributed by atoms with E-state index in [9.17, 15) is 13.6 Å². The van der Waals surface area contributed by atoms with E-state index in [1.807, 2.05) is 0 Å². The van der Waals surface area contributed by atoms with Crippen molar-refractivity contribution in [2.75, 3.05) is 0 Å². The molecule has 1 N–H and O–H groups in total. The molecular weight excluding hydrogens is 234 g/mol. The van der Waals surface area contributed by atoms with E-state index in [1.54, 1.807) is 0 Å². The van der Waals surface area contributed by atoms with Crippen molar-refractivity contribution in [1.29, 1.82) is 0 Å². The van der Waals surface area contributed by atoms with Crippen LogP contribution in [0.3, 0.4) is 0 Å². The van der Waals surface area contributed by atoms with E-state index in [0.717, 1.165) is 16.8 Å². The number of carbonyl (C=O) groups is 1. The van der Waals surface area contributed by atoms with Crippen LogP contribution in [0.25, 0.3) is 5.69 Å². The Morgan fingerprint density at radius 2 is 2.00 bits per heavy atom. The Bertz CT molecular complexity index is 533. The molecule has 8 heteroatoms. The number of nitrogens with zero attached hydrogens (tertiary/aromatic N) is 4. The van der Waals surface area contributed by atoms with E-state index < -0.39 is 29.6 Å². The third kappa shape index (κ3) is 2.25. The van der Waals surface area contributed by atoms with Gasteiger partial charge in [-0.3, -0.25) is 4.79 Å². The summed E-state index contributed by atoms with van der Waals surface area (Å²) in [6, 6.07) is 1.94. The van der Waals surface area contributed by atoms with Crippen LogP contribution in [0.5, 0.6) is 0 Å².